The molecule has 1 atom stereocenters. The first kappa shape index (κ1) is 10.9. The van der Waals surface area contributed by atoms with Gasteiger partial charge in [-0.3, -0.25) is 0 Å². The number of fused-ring (bicyclic) bond motifs is 1. The first-order valence-electron chi connectivity index (χ1n) is 5.66. The topological polar surface area (TPSA) is 47.5 Å². The zero-order valence-corrected chi connectivity index (χ0v) is 10.0. The van der Waals surface area contributed by atoms with Crippen LogP contribution in [0, 0.1) is 0 Å². The van der Waals surface area contributed by atoms with Crippen LogP contribution in [-0.4, -0.2) is 31.8 Å². The van der Waals surface area contributed by atoms with Crippen LogP contribution in [-0.2, 0) is 0 Å². The molecule has 3 N–H and O–H groups in total. The highest BCUT2D eigenvalue weighted by atomic mass is 16.3. The molecular formula is C12H19N3O. The first-order chi connectivity index (χ1) is 7.61. The molecule has 4 heteroatoms. The van der Waals surface area contributed by atoms with E-state index < -0.39 is 0 Å². The Morgan fingerprint density at radius 3 is 2.75 bits per heavy atom. The third-order valence-electron chi connectivity index (χ3n) is 2.99. The number of phenolic OH excluding ortho intramolecular Hbond substituents is 1. The molecule has 1 unspecified atom stereocenters. The lowest BCUT2D eigenvalue weighted by Gasteiger charge is -2.29. The van der Waals surface area contributed by atoms with Crippen molar-refractivity contribution in [3.05, 3.63) is 12.1 Å². The summed E-state index contributed by atoms with van der Waals surface area (Å²) in [7, 11) is 3.85. The van der Waals surface area contributed by atoms with E-state index in [2.05, 4.69) is 17.6 Å². The summed E-state index contributed by atoms with van der Waals surface area (Å²) in [6.45, 7) is 3.07. The number of hydrogen-bond acceptors (Lipinski definition) is 4. The van der Waals surface area contributed by atoms with Gasteiger partial charge in [-0.2, -0.15) is 0 Å². The number of nitrogens with zero attached hydrogens (tertiary/aromatic N) is 1. The number of hydrogen-bond donors (Lipinski definition) is 3. The van der Waals surface area contributed by atoms with E-state index in [1.165, 1.54) is 0 Å². The number of aromatic hydroxyl groups is 1. The third kappa shape index (κ3) is 1.87. The lowest BCUT2D eigenvalue weighted by Crippen LogP contribution is -2.32. The normalized spacial score (nSPS) is 18.3. The number of nitrogens with one attached hydrogen (secondary N) is 2. The van der Waals surface area contributed by atoms with Gasteiger partial charge in [-0.25, -0.2) is 0 Å². The molecule has 0 saturated heterocycles. The van der Waals surface area contributed by atoms with Crippen molar-refractivity contribution in [1.82, 2.24) is 0 Å². The van der Waals surface area contributed by atoms with Crippen LogP contribution in [0.3, 0.4) is 0 Å². The molecule has 88 valence electrons. The lowest BCUT2D eigenvalue weighted by molar-refractivity contribution is 0.476. The van der Waals surface area contributed by atoms with E-state index >= 15 is 0 Å². The van der Waals surface area contributed by atoms with Gasteiger partial charge in [0.25, 0.3) is 0 Å². The molecule has 0 fully saturated rings. The Kier molecular flexibility index (Phi) is 2.81. The summed E-state index contributed by atoms with van der Waals surface area (Å²) >= 11 is 0. The van der Waals surface area contributed by atoms with Crippen molar-refractivity contribution < 1.29 is 5.11 Å². The van der Waals surface area contributed by atoms with Gasteiger partial charge in [0.1, 0.15) is 5.75 Å². The van der Waals surface area contributed by atoms with Crippen LogP contribution < -0.4 is 15.5 Å². The van der Waals surface area contributed by atoms with Gasteiger partial charge >= 0.3 is 0 Å². The maximum Gasteiger partial charge on any atom is 0.141 e. The van der Waals surface area contributed by atoms with Gasteiger partial charge in [0.2, 0.25) is 0 Å². The number of anilines is 3. The highest BCUT2D eigenvalue weighted by molar-refractivity contribution is 5.80. The Morgan fingerprint density at radius 2 is 2.12 bits per heavy atom. The van der Waals surface area contributed by atoms with Gasteiger partial charge < -0.3 is 20.6 Å². The van der Waals surface area contributed by atoms with E-state index in [-0.39, 0.29) is 0 Å². The molecule has 2 rings (SSSR count). The fraction of sp³-hybridized carbons (Fsp3) is 0.500. The fourth-order valence-electron chi connectivity index (χ4n) is 1.95. The van der Waals surface area contributed by atoms with Crippen molar-refractivity contribution in [2.45, 2.75) is 19.4 Å². The monoisotopic (exact) mass is 221 g/mol. The summed E-state index contributed by atoms with van der Waals surface area (Å²) in [5.41, 5.74) is 2.89. The van der Waals surface area contributed by atoms with Crippen LogP contribution in [0.25, 0.3) is 0 Å². The van der Waals surface area contributed by atoms with Crippen LogP contribution in [0.4, 0.5) is 17.1 Å². The molecule has 1 aromatic carbocycles. The van der Waals surface area contributed by atoms with Crippen molar-refractivity contribution in [3.8, 4) is 5.75 Å². The molecular weight excluding hydrogens is 202 g/mol. The van der Waals surface area contributed by atoms with Crippen molar-refractivity contribution in [1.29, 1.82) is 0 Å². The average Bonchev–Trinajstić information content (AvgIpc) is 2.27. The highest BCUT2D eigenvalue weighted by Crippen LogP contribution is 2.37. The smallest absolute Gasteiger partial charge is 0.141 e. The van der Waals surface area contributed by atoms with E-state index in [1.807, 2.05) is 25.1 Å². The molecule has 0 radical (unpaired) electrons. The second-order valence-electron chi connectivity index (χ2n) is 4.41. The lowest BCUT2D eigenvalue weighted by atomic mass is 10.1. The highest BCUT2D eigenvalue weighted by Gasteiger charge is 2.18. The van der Waals surface area contributed by atoms with Gasteiger partial charge in [-0.1, -0.05) is 6.92 Å². The molecule has 4 nitrogen and oxygen atoms in total. The predicted octanol–water partition coefficient (Wildman–Crippen LogP) is 2.07. The van der Waals surface area contributed by atoms with Gasteiger partial charge in [-0.15, -0.1) is 0 Å². The molecule has 0 saturated carbocycles. The van der Waals surface area contributed by atoms with Crippen molar-refractivity contribution >= 4 is 17.1 Å². The summed E-state index contributed by atoms with van der Waals surface area (Å²) in [5.74, 6) is 0.313. The quantitative estimate of drug-likeness (QED) is 0.669. The largest absolute Gasteiger partial charge is 0.506 e. The molecule has 0 amide bonds. The van der Waals surface area contributed by atoms with E-state index in [1.54, 1.807) is 6.07 Å². The minimum absolute atomic E-state index is 0.313. The zero-order chi connectivity index (χ0) is 11.7. The average molecular weight is 221 g/mol. The molecule has 16 heavy (non-hydrogen) atoms. The van der Waals surface area contributed by atoms with E-state index in [0.717, 1.165) is 30.0 Å². The van der Waals surface area contributed by atoms with Crippen LogP contribution in [0.2, 0.25) is 0 Å². The van der Waals surface area contributed by atoms with Crippen LogP contribution in [0.5, 0.6) is 5.75 Å². The Hall–Kier alpha value is -1.58. The van der Waals surface area contributed by atoms with Gasteiger partial charge in [0.15, 0.2) is 0 Å². The maximum absolute atomic E-state index is 9.85. The van der Waals surface area contributed by atoms with Gasteiger partial charge in [-0.05, 0) is 12.5 Å². The Balaban J connectivity index is 2.36. The van der Waals surface area contributed by atoms with E-state index in [4.69, 9.17) is 0 Å². The SMILES string of the molecule is CCC1CNc2cc(O)c(N(C)C)cc2N1. The summed E-state index contributed by atoms with van der Waals surface area (Å²) in [6, 6.07) is 4.23. The molecule has 0 spiro atoms. The van der Waals surface area contributed by atoms with Crippen molar-refractivity contribution in [2.24, 2.45) is 0 Å². The summed E-state index contributed by atoms with van der Waals surface area (Å²) < 4.78 is 0. The van der Waals surface area contributed by atoms with Gasteiger partial charge in [0, 0.05) is 32.7 Å². The van der Waals surface area contributed by atoms with Crippen molar-refractivity contribution in [2.75, 3.05) is 36.2 Å². The Labute approximate surface area is 96.3 Å². The molecule has 0 bridgehead atoms. The van der Waals surface area contributed by atoms with E-state index in [0.29, 0.717) is 11.8 Å². The predicted molar refractivity (Wildman–Crippen MR) is 68.6 cm³/mol. The fourth-order valence-corrected chi connectivity index (χ4v) is 1.95. The minimum Gasteiger partial charge on any atom is -0.506 e. The molecule has 0 aromatic heterocycles. The number of benzene rings is 1. The Morgan fingerprint density at radius 1 is 1.38 bits per heavy atom. The summed E-state index contributed by atoms with van der Waals surface area (Å²) in [4.78, 5) is 1.91. The first-order valence-corrected chi connectivity index (χ1v) is 5.66. The standard InChI is InChI=1S/C12H19N3O/c1-4-8-7-13-9-6-12(16)11(15(2)3)5-10(9)14-8/h5-6,8,13-14,16H,4,7H2,1-3H3. The Bertz CT molecular complexity index is 390. The molecule has 1 heterocycles. The van der Waals surface area contributed by atoms with E-state index in [9.17, 15) is 5.11 Å². The van der Waals surface area contributed by atoms with Crippen LogP contribution in [0.1, 0.15) is 13.3 Å². The van der Waals surface area contributed by atoms with Crippen molar-refractivity contribution in [3.63, 3.8) is 0 Å². The maximum atomic E-state index is 9.85. The summed E-state index contributed by atoms with van der Waals surface area (Å²) in [6.07, 6.45) is 1.09. The zero-order valence-electron chi connectivity index (χ0n) is 10.0. The molecule has 0 aliphatic carbocycles. The molecule has 1 aliphatic rings. The second kappa shape index (κ2) is 4.12. The van der Waals surface area contributed by atoms with Crippen LogP contribution in [0.15, 0.2) is 12.1 Å². The molecule has 1 aliphatic heterocycles. The minimum atomic E-state index is 0.313. The molecule has 1 aromatic rings. The van der Waals surface area contributed by atoms with Gasteiger partial charge in [0.05, 0.1) is 17.1 Å². The second-order valence-corrected chi connectivity index (χ2v) is 4.41. The third-order valence-corrected chi connectivity index (χ3v) is 2.99. The van der Waals surface area contributed by atoms with Crippen LogP contribution >= 0.6 is 0 Å². The number of phenols is 1. The summed E-state index contributed by atoms with van der Waals surface area (Å²) in [5, 5.41) is 16.6. The number of rotatable bonds is 2.